The van der Waals surface area contributed by atoms with Crippen molar-refractivity contribution in [2.45, 2.75) is 33.0 Å². The van der Waals surface area contributed by atoms with E-state index in [0.29, 0.717) is 13.1 Å². The van der Waals surface area contributed by atoms with Crippen molar-refractivity contribution < 1.29 is 4.79 Å². The Bertz CT molecular complexity index is 589. The second-order valence-electron chi connectivity index (χ2n) is 5.23. The highest BCUT2D eigenvalue weighted by atomic mass is 35.5. The summed E-state index contributed by atoms with van der Waals surface area (Å²) < 4.78 is 1.76. The summed E-state index contributed by atoms with van der Waals surface area (Å²) in [6.07, 6.45) is 3.18. The van der Waals surface area contributed by atoms with Crippen LogP contribution in [0.25, 0.3) is 0 Å². The molecule has 2 atom stereocenters. The number of benzene rings is 1. The first-order valence-electron chi connectivity index (χ1n) is 7.00. The maximum atomic E-state index is 12.0. The molecule has 2 unspecified atom stereocenters. The fraction of sp³-hybridized carbons (Fsp3) is 0.400. The zero-order valence-corrected chi connectivity index (χ0v) is 14.8. The van der Waals surface area contributed by atoms with Crippen molar-refractivity contribution in [2.75, 3.05) is 0 Å². The highest BCUT2D eigenvalue weighted by Crippen LogP contribution is 2.10. The lowest BCUT2D eigenvalue weighted by molar-refractivity contribution is -0.125. The highest BCUT2D eigenvalue weighted by Gasteiger charge is 2.16. The van der Waals surface area contributed by atoms with Crippen molar-refractivity contribution >= 4 is 30.7 Å². The molecule has 0 aliphatic rings. The number of nitrogens with zero attached hydrogens (tertiary/aromatic N) is 3. The molecule has 0 fully saturated rings. The maximum Gasteiger partial charge on any atom is 0.224 e. The summed E-state index contributed by atoms with van der Waals surface area (Å²) in [5.74, 6) is -0.229. The summed E-state index contributed by atoms with van der Waals surface area (Å²) in [6, 6.07) is 7.81. The van der Waals surface area contributed by atoms with Gasteiger partial charge < -0.3 is 11.1 Å². The third kappa shape index (κ3) is 6.17. The van der Waals surface area contributed by atoms with Crippen LogP contribution in [0.4, 0.5) is 0 Å². The van der Waals surface area contributed by atoms with E-state index >= 15 is 0 Å². The number of aromatic nitrogens is 3. The van der Waals surface area contributed by atoms with Crippen LogP contribution in [-0.2, 0) is 17.9 Å². The predicted octanol–water partition coefficient (Wildman–Crippen LogP) is 1.77. The summed E-state index contributed by atoms with van der Waals surface area (Å²) in [7, 11) is 0. The number of carbonyl (C=O) groups excluding carboxylic acids is 1. The molecule has 0 radical (unpaired) electrons. The molecular weight excluding hydrogens is 337 g/mol. The van der Waals surface area contributed by atoms with Crippen molar-refractivity contribution in [1.82, 2.24) is 20.1 Å². The van der Waals surface area contributed by atoms with Crippen LogP contribution in [-0.4, -0.2) is 26.7 Å². The van der Waals surface area contributed by atoms with Gasteiger partial charge in [-0.2, -0.15) is 5.10 Å². The Labute approximate surface area is 148 Å². The number of nitrogens with one attached hydrogen (secondary N) is 1. The first-order chi connectivity index (χ1) is 10.1. The molecule has 2 aromatic rings. The van der Waals surface area contributed by atoms with Crippen molar-refractivity contribution in [3.05, 3.63) is 48.0 Å². The molecule has 1 aromatic carbocycles. The standard InChI is InChI=1S/C15H21N5O.2ClH/c1-11(12(2)16)15(21)18-7-13-5-3-4-6-14(13)8-20-10-17-9-19-20;;/h3-6,9-12H,7-8,16H2,1-2H3,(H,18,21);2*1H. The summed E-state index contributed by atoms with van der Waals surface area (Å²) in [5.41, 5.74) is 7.92. The van der Waals surface area contributed by atoms with Crippen LogP contribution in [0.3, 0.4) is 0 Å². The summed E-state index contributed by atoms with van der Waals surface area (Å²) in [5, 5.41) is 7.04. The Morgan fingerprint density at radius 2 is 1.91 bits per heavy atom. The monoisotopic (exact) mass is 359 g/mol. The van der Waals surface area contributed by atoms with Gasteiger partial charge in [0.2, 0.25) is 5.91 Å². The minimum absolute atomic E-state index is 0. The van der Waals surface area contributed by atoms with Crippen molar-refractivity contribution in [2.24, 2.45) is 11.7 Å². The predicted molar refractivity (Wildman–Crippen MR) is 94.7 cm³/mol. The number of carbonyl (C=O) groups is 1. The van der Waals surface area contributed by atoms with E-state index in [9.17, 15) is 4.79 Å². The van der Waals surface area contributed by atoms with Crippen LogP contribution in [0.2, 0.25) is 0 Å². The SMILES string of the molecule is CC(N)C(C)C(=O)NCc1ccccc1Cn1cncn1.Cl.Cl. The molecule has 1 heterocycles. The van der Waals surface area contributed by atoms with Gasteiger partial charge in [0, 0.05) is 18.5 Å². The lowest BCUT2D eigenvalue weighted by Gasteiger charge is -2.16. The number of rotatable bonds is 6. The van der Waals surface area contributed by atoms with Crippen LogP contribution in [0.5, 0.6) is 0 Å². The zero-order chi connectivity index (χ0) is 15.2. The summed E-state index contributed by atoms with van der Waals surface area (Å²) in [4.78, 5) is 15.9. The molecule has 128 valence electrons. The van der Waals surface area contributed by atoms with E-state index in [1.807, 2.05) is 38.1 Å². The van der Waals surface area contributed by atoms with E-state index in [0.717, 1.165) is 11.1 Å². The van der Waals surface area contributed by atoms with E-state index in [-0.39, 0.29) is 42.7 Å². The second-order valence-corrected chi connectivity index (χ2v) is 5.23. The molecule has 0 spiro atoms. The number of hydrogen-bond acceptors (Lipinski definition) is 4. The topological polar surface area (TPSA) is 85.8 Å². The Balaban J connectivity index is 0.00000242. The van der Waals surface area contributed by atoms with Gasteiger partial charge in [-0.25, -0.2) is 9.67 Å². The van der Waals surface area contributed by atoms with E-state index < -0.39 is 0 Å². The third-order valence-corrected chi connectivity index (χ3v) is 3.57. The molecule has 0 aliphatic carbocycles. The fourth-order valence-corrected chi connectivity index (χ4v) is 1.96. The molecule has 3 N–H and O–H groups in total. The minimum atomic E-state index is -0.201. The van der Waals surface area contributed by atoms with Gasteiger partial charge in [0.25, 0.3) is 0 Å². The van der Waals surface area contributed by atoms with E-state index in [4.69, 9.17) is 5.73 Å². The molecule has 0 saturated carbocycles. The van der Waals surface area contributed by atoms with Gasteiger partial charge in [-0.15, -0.1) is 24.8 Å². The van der Waals surface area contributed by atoms with Gasteiger partial charge >= 0.3 is 0 Å². The van der Waals surface area contributed by atoms with Crippen LogP contribution in [0.15, 0.2) is 36.9 Å². The summed E-state index contributed by atoms with van der Waals surface area (Å²) >= 11 is 0. The number of hydrogen-bond donors (Lipinski definition) is 2. The Kier molecular flexibility index (Phi) is 9.48. The normalized spacial score (nSPS) is 12.5. The van der Waals surface area contributed by atoms with Gasteiger partial charge in [0.1, 0.15) is 12.7 Å². The van der Waals surface area contributed by atoms with Crippen LogP contribution in [0.1, 0.15) is 25.0 Å². The lowest BCUT2D eigenvalue weighted by atomic mass is 10.0. The maximum absolute atomic E-state index is 12.0. The number of amides is 1. The minimum Gasteiger partial charge on any atom is -0.352 e. The van der Waals surface area contributed by atoms with Crippen molar-refractivity contribution in [1.29, 1.82) is 0 Å². The average molecular weight is 360 g/mol. The van der Waals surface area contributed by atoms with Gasteiger partial charge in [0.15, 0.2) is 0 Å². The Morgan fingerprint density at radius 3 is 2.48 bits per heavy atom. The molecular formula is C15H23Cl2N5O. The first kappa shape index (κ1) is 21.4. The average Bonchev–Trinajstić information content (AvgIpc) is 2.98. The van der Waals surface area contributed by atoms with Crippen LogP contribution < -0.4 is 11.1 Å². The Hall–Kier alpha value is -1.63. The molecule has 6 nitrogen and oxygen atoms in total. The molecule has 0 aliphatic heterocycles. The number of halogens is 2. The van der Waals surface area contributed by atoms with Gasteiger partial charge in [-0.05, 0) is 18.1 Å². The molecule has 1 aromatic heterocycles. The van der Waals surface area contributed by atoms with Gasteiger partial charge in [-0.1, -0.05) is 31.2 Å². The first-order valence-corrected chi connectivity index (χ1v) is 7.00. The Morgan fingerprint density at radius 1 is 1.26 bits per heavy atom. The highest BCUT2D eigenvalue weighted by molar-refractivity contribution is 5.85. The molecule has 0 saturated heterocycles. The quantitative estimate of drug-likeness (QED) is 0.822. The second kappa shape index (κ2) is 10.2. The van der Waals surface area contributed by atoms with E-state index in [2.05, 4.69) is 15.4 Å². The number of nitrogens with two attached hydrogens (primary N) is 1. The van der Waals surface area contributed by atoms with Gasteiger partial charge in [-0.3, -0.25) is 4.79 Å². The zero-order valence-electron chi connectivity index (χ0n) is 13.2. The molecule has 0 bridgehead atoms. The molecule has 1 amide bonds. The van der Waals surface area contributed by atoms with E-state index in [1.165, 1.54) is 6.33 Å². The van der Waals surface area contributed by atoms with Crippen LogP contribution >= 0.6 is 24.8 Å². The molecule has 2 rings (SSSR count). The van der Waals surface area contributed by atoms with E-state index in [1.54, 1.807) is 11.0 Å². The largest absolute Gasteiger partial charge is 0.352 e. The van der Waals surface area contributed by atoms with Crippen molar-refractivity contribution in [3.8, 4) is 0 Å². The molecule has 23 heavy (non-hydrogen) atoms. The third-order valence-electron chi connectivity index (χ3n) is 3.57. The smallest absolute Gasteiger partial charge is 0.224 e. The van der Waals surface area contributed by atoms with Gasteiger partial charge in [0.05, 0.1) is 6.54 Å². The molecule has 8 heteroatoms. The fourth-order valence-electron chi connectivity index (χ4n) is 1.96. The van der Waals surface area contributed by atoms with Crippen molar-refractivity contribution in [3.63, 3.8) is 0 Å². The van der Waals surface area contributed by atoms with Crippen LogP contribution in [0, 0.1) is 5.92 Å². The summed E-state index contributed by atoms with van der Waals surface area (Å²) in [6.45, 7) is 4.79. The lowest BCUT2D eigenvalue weighted by Crippen LogP contribution is -2.38.